The zero-order valence-electron chi connectivity index (χ0n) is 23.1. The second kappa shape index (κ2) is 10.1. The van der Waals surface area contributed by atoms with Crippen LogP contribution in [0.2, 0.25) is 0 Å². The highest BCUT2D eigenvalue weighted by molar-refractivity contribution is 6.05. The van der Waals surface area contributed by atoms with Gasteiger partial charge in [0, 0.05) is 23.3 Å². The van der Waals surface area contributed by atoms with Crippen LogP contribution in [0.15, 0.2) is 146 Å². The molecule has 0 radical (unpaired) electrons. The number of hydrogen-bond donors (Lipinski definition) is 0. The molecule has 0 fully saturated rings. The normalized spacial score (nSPS) is 11.2. The van der Waals surface area contributed by atoms with Gasteiger partial charge in [-0.1, -0.05) is 103 Å². The highest BCUT2D eigenvalue weighted by Gasteiger charge is 2.19. The van der Waals surface area contributed by atoms with Crippen molar-refractivity contribution in [3.05, 3.63) is 151 Å². The van der Waals surface area contributed by atoms with Gasteiger partial charge in [0.1, 0.15) is 11.3 Å². The number of benzene rings is 5. The highest BCUT2D eigenvalue weighted by atomic mass is 15.0. The molecule has 43 heavy (non-hydrogen) atoms. The van der Waals surface area contributed by atoms with Gasteiger partial charge in [-0.25, -0.2) is 4.98 Å². The molecule has 0 unspecified atom stereocenters. The Morgan fingerprint density at radius 2 is 1.16 bits per heavy atom. The summed E-state index contributed by atoms with van der Waals surface area (Å²) < 4.78 is 2.18. The minimum atomic E-state index is 0.662. The van der Waals surface area contributed by atoms with E-state index in [1.807, 2.05) is 48.7 Å². The van der Waals surface area contributed by atoms with Gasteiger partial charge in [0.25, 0.3) is 0 Å². The molecule has 3 heterocycles. The second-order valence-electron chi connectivity index (χ2n) is 10.6. The van der Waals surface area contributed by atoms with Crippen molar-refractivity contribution in [1.82, 2.24) is 14.4 Å². The monoisotopic (exact) mass is 548 g/mol. The zero-order chi connectivity index (χ0) is 28.8. The minimum Gasteiger partial charge on any atom is -0.298 e. The fraction of sp³-hybridized carbons (Fsp3) is 0. The maximum atomic E-state index is 9.22. The van der Waals surface area contributed by atoms with E-state index in [-0.39, 0.29) is 0 Å². The van der Waals surface area contributed by atoms with Crippen molar-refractivity contribution in [2.45, 2.75) is 0 Å². The first kappa shape index (κ1) is 24.7. The summed E-state index contributed by atoms with van der Waals surface area (Å²) >= 11 is 0. The molecular formula is C39H24N4. The van der Waals surface area contributed by atoms with Gasteiger partial charge in [-0.3, -0.25) is 9.38 Å². The number of imidazole rings is 1. The first-order chi connectivity index (χ1) is 21.3. The third-order valence-electron chi connectivity index (χ3n) is 8.14. The van der Waals surface area contributed by atoms with Crippen molar-refractivity contribution in [2.24, 2.45) is 0 Å². The summed E-state index contributed by atoms with van der Waals surface area (Å²) in [5.41, 5.74) is 9.95. The average Bonchev–Trinajstić information content (AvgIpc) is 3.49. The van der Waals surface area contributed by atoms with E-state index < -0.39 is 0 Å². The highest BCUT2D eigenvalue weighted by Crippen LogP contribution is 2.38. The summed E-state index contributed by atoms with van der Waals surface area (Å²) in [5, 5.41) is 13.9. The maximum Gasteiger partial charge on any atom is 0.145 e. The van der Waals surface area contributed by atoms with Crippen LogP contribution in [0.3, 0.4) is 0 Å². The van der Waals surface area contributed by atoms with Gasteiger partial charge in [-0.2, -0.15) is 5.26 Å². The largest absolute Gasteiger partial charge is 0.298 e. The van der Waals surface area contributed by atoms with Gasteiger partial charge in [-0.15, -0.1) is 0 Å². The molecule has 3 aromatic heterocycles. The molecule has 0 amide bonds. The molecule has 0 saturated carbocycles. The lowest BCUT2D eigenvalue weighted by Gasteiger charge is -2.13. The standard InChI is InChI=1S/C39H24N4/c40-25-26-12-14-28(15-13-26)31-20-21-32(35-10-4-3-9-34(31)35)29-16-18-30(19-17-29)38-37(36-11-5-6-23-41-36)42-39-33-8-2-1-7-27(33)22-24-43(38)39/h1-24H. The maximum absolute atomic E-state index is 9.22. The number of pyridine rings is 2. The molecule has 0 aliphatic heterocycles. The number of nitrogens with zero attached hydrogens (tertiary/aromatic N) is 4. The van der Waals surface area contributed by atoms with Crippen molar-refractivity contribution >= 4 is 27.2 Å². The molecule has 5 aromatic carbocycles. The van der Waals surface area contributed by atoms with Crippen LogP contribution >= 0.6 is 0 Å². The van der Waals surface area contributed by atoms with E-state index >= 15 is 0 Å². The van der Waals surface area contributed by atoms with E-state index in [1.165, 1.54) is 16.3 Å². The van der Waals surface area contributed by atoms with Crippen molar-refractivity contribution in [3.8, 4) is 51.0 Å². The molecule has 0 N–H and O–H groups in total. The Bertz CT molecular complexity index is 2330. The van der Waals surface area contributed by atoms with Crippen molar-refractivity contribution in [3.63, 3.8) is 0 Å². The van der Waals surface area contributed by atoms with Gasteiger partial charge in [0.15, 0.2) is 0 Å². The molecule has 4 nitrogen and oxygen atoms in total. The minimum absolute atomic E-state index is 0.662. The molecule has 4 heteroatoms. The molecule has 0 spiro atoms. The van der Waals surface area contributed by atoms with Crippen LogP contribution < -0.4 is 0 Å². The fourth-order valence-electron chi connectivity index (χ4n) is 6.06. The Hall–Kier alpha value is -6.05. The summed E-state index contributed by atoms with van der Waals surface area (Å²) in [6.45, 7) is 0. The lowest BCUT2D eigenvalue weighted by molar-refractivity contribution is 1.21. The van der Waals surface area contributed by atoms with Crippen LogP contribution in [0.5, 0.6) is 0 Å². The second-order valence-corrected chi connectivity index (χ2v) is 10.6. The van der Waals surface area contributed by atoms with Crippen LogP contribution in [0.25, 0.3) is 72.1 Å². The van der Waals surface area contributed by atoms with Crippen molar-refractivity contribution in [2.75, 3.05) is 0 Å². The molecule has 0 saturated heterocycles. The zero-order valence-corrected chi connectivity index (χ0v) is 23.1. The van der Waals surface area contributed by atoms with Crippen molar-refractivity contribution in [1.29, 1.82) is 5.26 Å². The van der Waals surface area contributed by atoms with Crippen LogP contribution in [0.1, 0.15) is 5.56 Å². The smallest absolute Gasteiger partial charge is 0.145 e. The van der Waals surface area contributed by atoms with Gasteiger partial charge < -0.3 is 0 Å². The Kier molecular flexibility index (Phi) is 5.80. The van der Waals surface area contributed by atoms with Gasteiger partial charge in [-0.05, 0) is 68.7 Å². The number of aromatic nitrogens is 3. The molecule has 0 aliphatic rings. The molecule has 0 bridgehead atoms. The first-order valence-corrected chi connectivity index (χ1v) is 14.2. The predicted molar refractivity (Wildman–Crippen MR) is 174 cm³/mol. The molecule has 0 atom stereocenters. The predicted octanol–water partition coefficient (Wildman–Crippen LogP) is 9.58. The Labute approximate surface area is 248 Å². The summed E-state index contributed by atoms with van der Waals surface area (Å²) in [5.74, 6) is 0. The van der Waals surface area contributed by atoms with Crippen LogP contribution in [0.4, 0.5) is 0 Å². The summed E-state index contributed by atoms with van der Waals surface area (Å²) in [6.07, 6.45) is 3.92. The summed E-state index contributed by atoms with van der Waals surface area (Å²) in [7, 11) is 0. The summed E-state index contributed by atoms with van der Waals surface area (Å²) in [4.78, 5) is 9.80. The third-order valence-corrected chi connectivity index (χ3v) is 8.14. The van der Waals surface area contributed by atoms with Crippen LogP contribution in [-0.4, -0.2) is 14.4 Å². The molecular weight excluding hydrogens is 524 g/mol. The van der Waals surface area contributed by atoms with Gasteiger partial charge in [0.05, 0.1) is 23.0 Å². The molecule has 8 aromatic rings. The Balaban J connectivity index is 1.27. The lowest BCUT2D eigenvalue weighted by atomic mass is 9.91. The average molecular weight is 549 g/mol. The van der Waals surface area contributed by atoms with Crippen LogP contribution in [-0.2, 0) is 0 Å². The van der Waals surface area contributed by atoms with Gasteiger partial charge in [0.2, 0.25) is 0 Å². The van der Waals surface area contributed by atoms with E-state index in [4.69, 9.17) is 4.98 Å². The Morgan fingerprint density at radius 3 is 1.81 bits per heavy atom. The number of nitriles is 1. The van der Waals surface area contributed by atoms with E-state index in [0.717, 1.165) is 55.8 Å². The lowest BCUT2D eigenvalue weighted by Crippen LogP contribution is -1.92. The molecule has 0 aliphatic carbocycles. The first-order valence-electron chi connectivity index (χ1n) is 14.2. The van der Waals surface area contributed by atoms with E-state index in [9.17, 15) is 5.26 Å². The van der Waals surface area contributed by atoms with E-state index in [2.05, 4.69) is 113 Å². The SMILES string of the molecule is N#Cc1ccc(-c2ccc(-c3ccc(-c4c(-c5ccccn5)nc5c6ccccc6ccn45)cc3)c3ccccc23)cc1. The number of fused-ring (bicyclic) bond motifs is 4. The summed E-state index contributed by atoms with van der Waals surface area (Å²) in [6, 6.07) is 48.1. The van der Waals surface area contributed by atoms with Crippen molar-refractivity contribution < 1.29 is 0 Å². The quantitative estimate of drug-likeness (QED) is 0.220. The number of rotatable bonds is 4. The Morgan fingerprint density at radius 1 is 0.558 bits per heavy atom. The van der Waals surface area contributed by atoms with Gasteiger partial charge >= 0.3 is 0 Å². The molecule has 8 rings (SSSR count). The van der Waals surface area contributed by atoms with E-state index in [1.54, 1.807) is 0 Å². The van der Waals surface area contributed by atoms with Crippen LogP contribution in [0, 0.1) is 11.3 Å². The topological polar surface area (TPSA) is 54.0 Å². The molecule has 200 valence electrons. The van der Waals surface area contributed by atoms with E-state index in [0.29, 0.717) is 5.56 Å². The number of hydrogen-bond acceptors (Lipinski definition) is 3. The third kappa shape index (κ3) is 4.15. The fourth-order valence-corrected chi connectivity index (χ4v) is 6.06.